The Labute approximate surface area is 111 Å². The average Bonchev–Trinajstić information content (AvgIpc) is 2.34. The van der Waals surface area contributed by atoms with Gasteiger partial charge in [0.25, 0.3) is 0 Å². The van der Waals surface area contributed by atoms with Crippen molar-refractivity contribution >= 4 is 29.4 Å². The molecule has 0 aliphatic heterocycles. The highest BCUT2D eigenvalue weighted by Gasteiger charge is 2.01. The summed E-state index contributed by atoms with van der Waals surface area (Å²) < 4.78 is 0. The molecule has 17 heavy (non-hydrogen) atoms. The third-order valence-corrected chi connectivity index (χ3v) is 3.00. The van der Waals surface area contributed by atoms with E-state index in [-0.39, 0.29) is 0 Å². The first-order chi connectivity index (χ1) is 8.27. The van der Waals surface area contributed by atoms with Crippen LogP contribution in [0.25, 0.3) is 0 Å². The monoisotopic (exact) mass is 263 g/mol. The Bertz CT molecular complexity index is 501. The van der Waals surface area contributed by atoms with Gasteiger partial charge < -0.3 is 0 Å². The number of halogens is 2. The second kappa shape index (κ2) is 5.85. The summed E-state index contributed by atoms with van der Waals surface area (Å²) >= 11 is 12.1. The third kappa shape index (κ3) is 3.32. The highest BCUT2D eigenvalue weighted by molar-refractivity contribution is 6.38. The van der Waals surface area contributed by atoms with Crippen LogP contribution in [0.1, 0.15) is 11.1 Å². The molecule has 0 saturated carbocycles. The zero-order chi connectivity index (χ0) is 12.1. The molecule has 0 amide bonds. The zero-order valence-electron chi connectivity index (χ0n) is 9.11. The number of benzene rings is 2. The van der Waals surface area contributed by atoms with Crippen LogP contribution in [0.3, 0.4) is 0 Å². The van der Waals surface area contributed by atoms with Crippen molar-refractivity contribution in [1.82, 2.24) is 0 Å². The number of aliphatic imine (C=N–C) groups is 1. The molecule has 0 spiro atoms. The van der Waals surface area contributed by atoms with Gasteiger partial charge in [-0.25, -0.2) is 0 Å². The molecule has 0 bridgehead atoms. The summed E-state index contributed by atoms with van der Waals surface area (Å²) in [6, 6.07) is 15.5. The van der Waals surface area contributed by atoms with Crippen molar-refractivity contribution in [3.8, 4) is 0 Å². The van der Waals surface area contributed by atoms with Gasteiger partial charge in [0.05, 0.1) is 16.6 Å². The SMILES string of the molecule is Clc1cccc(Cl)c1C=NCc1ccccc1. The predicted molar refractivity (Wildman–Crippen MR) is 74.2 cm³/mol. The van der Waals surface area contributed by atoms with E-state index < -0.39 is 0 Å². The van der Waals surface area contributed by atoms with Crippen molar-refractivity contribution in [2.75, 3.05) is 0 Å². The van der Waals surface area contributed by atoms with E-state index in [2.05, 4.69) is 4.99 Å². The molecule has 1 nitrogen and oxygen atoms in total. The molecular formula is C14H11Cl2N. The molecule has 0 unspecified atom stereocenters. The molecule has 0 N–H and O–H groups in total. The van der Waals surface area contributed by atoms with Gasteiger partial charge in [-0.15, -0.1) is 0 Å². The third-order valence-electron chi connectivity index (χ3n) is 2.34. The summed E-state index contributed by atoms with van der Waals surface area (Å²) in [6.45, 7) is 0.627. The van der Waals surface area contributed by atoms with Gasteiger partial charge in [-0.1, -0.05) is 59.6 Å². The van der Waals surface area contributed by atoms with Crippen LogP contribution < -0.4 is 0 Å². The van der Waals surface area contributed by atoms with E-state index >= 15 is 0 Å². The largest absolute Gasteiger partial charge is 0.288 e. The van der Waals surface area contributed by atoms with E-state index in [4.69, 9.17) is 23.2 Å². The fourth-order valence-electron chi connectivity index (χ4n) is 1.46. The molecule has 0 radical (unpaired) electrons. The molecule has 0 aliphatic rings. The van der Waals surface area contributed by atoms with Gasteiger partial charge in [-0.2, -0.15) is 0 Å². The van der Waals surface area contributed by atoms with Crippen molar-refractivity contribution in [2.45, 2.75) is 6.54 Å². The summed E-state index contributed by atoms with van der Waals surface area (Å²) in [5, 5.41) is 1.24. The van der Waals surface area contributed by atoms with E-state index in [1.54, 1.807) is 18.3 Å². The Morgan fingerprint density at radius 1 is 0.882 bits per heavy atom. The fraction of sp³-hybridized carbons (Fsp3) is 0.0714. The van der Waals surface area contributed by atoms with Crippen LogP contribution >= 0.6 is 23.2 Å². The minimum atomic E-state index is 0.620. The Morgan fingerprint density at radius 3 is 2.18 bits per heavy atom. The minimum Gasteiger partial charge on any atom is -0.288 e. The van der Waals surface area contributed by atoms with Crippen LogP contribution in [0.15, 0.2) is 53.5 Å². The van der Waals surface area contributed by atoms with E-state index in [0.717, 1.165) is 11.1 Å². The molecule has 0 atom stereocenters. The first-order valence-electron chi connectivity index (χ1n) is 5.25. The highest BCUT2D eigenvalue weighted by Crippen LogP contribution is 2.22. The molecule has 0 aromatic heterocycles. The van der Waals surface area contributed by atoms with Crippen molar-refractivity contribution in [3.05, 3.63) is 69.7 Å². The molecule has 0 saturated heterocycles. The lowest BCUT2D eigenvalue weighted by molar-refractivity contribution is 1.08. The van der Waals surface area contributed by atoms with Crippen LogP contribution in [-0.2, 0) is 6.54 Å². The molecule has 0 heterocycles. The lowest BCUT2D eigenvalue weighted by Crippen LogP contribution is -1.87. The molecule has 0 fully saturated rings. The van der Waals surface area contributed by atoms with Gasteiger partial charge in [0.1, 0.15) is 0 Å². The number of rotatable bonds is 3. The van der Waals surface area contributed by atoms with Crippen LogP contribution in [-0.4, -0.2) is 6.21 Å². The average molecular weight is 264 g/mol. The standard InChI is InChI=1S/C14H11Cl2N/c15-13-7-4-8-14(16)12(13)10-17-9-11-5-2-1-3-6-11/h1-8,10H,9H2. The van der Waals surface area contributed by atoms with Gasteiger partial charge in [0.2, 0.25) is 0 Å². The van der Waals surface area contributed by atoms with Gasteiger partial charge in [-0.05, 0) is 17.7 Å². The van der Waals surface area contributed by atoms with Crippen LogP contribution in [0.4, 0.5) is 0 Å². The van der Waals surface area contributed by atoms with E-state index in [9.17, 15) is 0 Å². The summed E-state index contributed by atoms with van der Waals surface area (Å²) in [5.74, 6) is 0. The van der Waals surface area contributed by atoms with Crippen molar-refractivity contribution in [1.29, 1.82) is 0 Å². The molecule has 2 aromatic rings. The van der Waals surface area contributed by atoms with E-state index in [0.29, 0.717) is 16.6 Å². The first-order valence-corrected chi connectivity index (χ1v) is 6.01. The number of hydrogen-bond donors (Lipinski definition) is 0. The fourth-order valence-corrected chi connectivity index (χ4v) is 1.95. The minimum absolute atomic E-state index is 0.620. The van der Waals surface area contributed by atoms with Crippen molar-refractivity contribution < 1.29 is 0 Å². The zero-order valence-corrected chi connectivity index (χ0v) is 10.6. The highest BCUT2D eigenvalue weighted by atomic mass is 35.5. The normalized spacial score (nSPS) is 10.9. The second-order valence-electron chi connectivity index (χ2n) is 3.59. The van der Waals surface area contributed by atoms with Crippen LogP contribution in [0, 0.1) is 0 Å². The number of nitrogens with zero attached hydrogens (tertiary/aromatic N) is 1. The Hall–Kier alpha value is -1.31. The van der Waals surface area contributed by atoms with Gasteiger partial charge in [0.15, 0.2) is 0 Å². The second-order valence-corrected chi connectivity index (χ2v) is 4.41. The predicted octanol–water partition coefficient (Wildman–Crippen LogP) is 4.61. The smallest absolute Gasteiger partial charge is 0.0640 e. The maximum absolute atomic E-state index is 6.04. The molecule has 2 rings (SSSR count). The topological polar surface area (TPSA) is 12.4 Å². The lowest BCUT2D eigenvalue weighted by Gasteiger charge is -2.00. The van der Waals surface area contributed by atoms with Gasteiger partial charge in [-0.3, -0.25) is 4.99 Å². The van der Waals surface area contributed by atoms with Gasteiger partial charge in [0, 0.05) is 11.8 Å². The molecule has 0 aliphatic carbocycles. The summed E-state index contributed by atoms with van der Waals surface area (Å²) in [6.07, 6.45) is 1.72. The lowest BCUT2D eigenvalue weighted by atomic mass is 10.2. The van der Waals surface area contributed by atoms with Crippen LogP contribution in [0.2, 0.25) is 10.0 Å². The van der Waals surface area contributed by atoms with Crippen molar-refractivity contribution in [3.63, 3.8) is 0 Å². The van der Waals surface area contributed by atoms with Crippen LogP contribution in [0.5, 0.6) is 0 Å². The first kappa shape index (κ1) is 12.2. The summed E-state index contributed by atoms with van der Waals surface area (Å²) in [7, 11) is 0. The molecule has 3 heteroatoms. The van der Waals surface area contributed by atoms with Crippen molar-refractivity contribution in [2.24, 2.45) is 4.99 Å². The molecule has 2 aromatic carbocycles. The maximum Gasteiger partial charge on any atom is 0.0640 e. The van der Waals surface area contributed by atoms with Gasteiger partial charge >= 0.3 is 0 Å². The van der Waals surface area contributed by atoms with E-state index in [1.165, 1.54) is 0 Å². The Balaban J connectivity index is 2.11. The molecular weight excluding hydrogens is 253 g/mol. The van der Waals surface area contributed by atoms with E-state index in [1.807, 2.05) is 36.4 Å². The Morgan fingerprint density at radius 2 is 1.53 bits per heavy atom. The Kier molecular flexibility index (Phi) is 4.18. The maximum atomic E-state index is 6.04. The summed E-state index contributed by atoms with van der Waals surface area (Å²) in [5.41, 5.74) is 1.93. The molecule has 86 valence electrons. The quantitative estimate of drug-likeness (QED) is 0.718. The summed E-state index contributed by atoms with van der Waals surface area (Å²) in [4.78, 5) is 4.34. The number of hydrogen-bond acceptors (Lipinski definition) is 1.